The standard InChI is InChI=1S/C4H5BO4/c5-1-4(8)9-2-3(6)7/h1-2H2,(H,6,7). The first-order valence-corrected chi connectivity index (χ1v) is 2.24. The minimum atomic E-state index is -1.18. The fraction of sp³-hybridized carbons (Fsp3) is 0.500. The number of ether oxygens (including phenoxy) is 1. The summed E-state index contributed by atoms with van der Waals surface area (Å²) in [4.78, 5) is 19.8. The maximum atomic E-state index is 10.1. The molecule has 0 bridgehead atoms. The lowest BCUT2D eigenvalue weighted by molar-refractivity contribution is -0.153. The minimum Gasteiger partial charge on any atom is -0.479 e. The summed E-state index contributed by atoms with van der Waals surface area (Å²) in [5.41, 5.74) is 0. The van der Waals surface area contributed by atoms with Gasteiger partial charge in [-0.05, 0) is 0 Å². The number of carboxylic acid groups (broad SMARTS) is 1. The second-order valence-electron chi connectivity index (χ2n) is 1.26. The first-order chi connectivity index (χ1) is 4.16. The highest BCUT2D eigenvalue weighted by molar-refractivity contribution is 6.18. The van der Waals surface area contributed by atoms with Gasteiger partial charge in [-0.3, -0.25) is 4.79 Å². The molecule has 48 valence electrons. The second kappa shape index (κ2) is 3.94. The predicted molar refractivity (Wildman–Crippen MR) is 29.2 cm³/mol. The minimum absolute atomic E-state index is 0.284. The van der Waals surface area contributed by atoms with Gasteiger partial charge in [-0.25, -0.2) is 4.79 Å². The normalized spacial score (nSPS) is 8.44. The molecular formula is C4H5BO4. The Morgan fingerprint density at radius 2 is 2.11 bits per heavy atom. The molecule has 0 aliphatic heterocycles. The number of carbonyl (C=O) groups excluding carboxylic acids is 1. The van der Waals surface area contributed by atoms with Gasteiger partial charge in [-0.1, -0.05) is 0 Å². The van der Waals surface area contributed by atoms with E-state index in [1.54, 1.807) is 0 Å². The van der Waals surface area contributed by atoms with Crippen molar-refractivity contribution in [1.82, 2.24) is 0 Å². The summed E-state index contributed by atoms with van der Waals surface area (Å²) in [5, 5.41) is 7.94. The lowest BCUT2D eigenvalue weighted by atomic mass is 10.1. The van der Waals surface area contributed by atoms with Crippen LogP contribution in [0.15, 0.2) is 0 Å². The van der Waals surface area contributed by atoms with Crippen LogP contribution >= 0.6 is 0 Å². The van der Waals surface area contributed by atoms with Gasteiger partial charge >= 0.3 is 5.97 Å². The molecule has 0 amide bonds. The van der Waals surface area contributed by atoms with Gasteiger partial charge in [0.2, 0.25) is 0 Å². The monoisotopic (exact) mass is 128 g/mol. The number of hydrogen-bond acceptors (Lipinski definition) is 3. The van der Waals surface area contributed by atoms with Gasteiger partial charge < -0.3 is 9.84 Å². The van der Waals surface area contributed by atoms with Gasteiger partial charge in [0.05, 0.1) is 7.85 Å². The predicted octanol–water partition coefficient (Wildman–Crippen LogP) is -0.799. The number of rotatable bonds is 3. The van der Waals surface area contributed by atoms with Crippen molar-refractivity contribution in [2.45, 2.75) is 6.32 Å². The van der Waals surface area contributed by atoms with E-state index in [0.29, 0.717) is 0 Å². The summed E-state index contributed by atoms with van der Waals surface area (Å²) >= 11 is 0. The van der Waals surface area contributed by atoms with E-state index in [1.165, 1.54) is 0 Å². The van der Waals surface area contributed by atoms with Crippen LogP contribution in [0.3, 0.4) is 0 Å². The zero-order valence-corrected chi connectivity index (χ0v) is 4.66. The number of carbonyl (C=O) groups is 2. The van der Waals surface area contributed by atoms with Crippen LogP contribution in [0.25, 0.3) is 0 Å². The summed E-state index contributed by atoms with van der Waals surface area (Å²) < 4.78 is 4.09. The van der Waals surface area contributed by atoms with Crippen molar-refractivity contribution in [1.29, 1.82) is 0 Å². The molecule has 0 atom stereocenters. The summed E-state index contributed by atoms with van der Waals surface area (Å²) in [6, 6.07) is 0. The van der Waals surface area contributed by atoms with Crippen LogP contribution in [0.2, 0.25) is 6.32 Å². The molecule has 0 aromatic heterocycles. The van der Waals surface area contributed by atoms with Gasteiger partial charge in [0.15, 0.2) is 6.61 Å². The Labute approximate surface area is 53.2 Å². The number of hydrogen-bond donors (Lipinski definition) is 1. The Bertz CT molecular complexity index is 122. The summed E-state index contributed by atoms with van der Waals surface area (Å²) in [5.74, 6) is -1.89. The molecule has 5 heteroatoms. The topological polar surface area (TPSA) is 63.6 Å². The molecule has 9 heavy (non-hydrogen) atoms. The molecule has 0 saturated carbocycles. The fourth-order valence-electron chi connectivity index (χ4n) is 0.201. The summed E-state index contributed by atoms with van der Waals surface area (Å²) in [7, 11) is 4.79. The van der Waals surface area contributed by atoms with Crippen molar-refractivity contribution in [2.24, 2.45) is 0 Å². The quantitative estimate of drug-likeness (QED) is 0.399. The molecule has 2 radical (unpaired) electrons. The summed E-state index contributed by atoms with van der Waals surface area (Å²) in [6.45, 7) is -0.615. The van der Waals surface area contributed by atoms with E-state index in [0.717, 1.165) is 0 Å². The third-order valence-corrected chi connectivity index (χ3v) is 0.523. The van der Waals surface area contributed by atoms with Crippen molar-refractivity contribution in [3.8, 4) is 0 Å². The van der Waals surface area contributed by atoms with Gasteiger partial charge in [0, 0.05) is 6.32 Å². The molecule has 0 rings (SSSR count). The molecule has 0 aromatic rings. The van der Waals surface area contributed by atoms with Crippen LogP contribution in [0.5, 0.6) is 0 Å². The molecule has 1 N–H and O–H groups in total. The lowest BCUT2D eigenvalue weighted by Gasteiger charge is -1.95. The Kier molecular flexibility index (Phi) is 3.51. The van der Waals surface area contributed by atoms with Crippen LogP contribution in [-0.2, 0) is 14.3 Å². The number of esters is 1. The van der Waals surface area contributed by atoms with E-state index < -0.39 is 18.5 Å². The SMILES string of the molecule is [B]CC(=O)OCC(=O)O. The van der Waals surface area contributed by atoms with Gasteiger partial charge in [-0.2, -0.15) is 0 Å². The van der Waals surface area contributed by atoms with Crippen molar-refractivity contribution in [2.75, 3.05) is 6.61 Å². The maximum Gasteiger partial charge on any atom is 0.341 e. The molecule has 0 aromatic carbocycles. The largest absolute Gasteiger partial charge is 0.479 e. The van der Waals surface area contributed by atoms with Crippen LogP contribution in [0.1, 0.15) is 0 Å². The van der Waals surface area contributed by atoms with E-state index in [4.69, 9.17) is 13.0 Å². The van der Waals surface area contributed by atoms with Crippen molar-refractivity contribution in [3.05, 3.63) is 0 Å². The summed E-state index contributed by atoms with van der Waals surface area (Å²) in [6.07, 6.45) is -0.284. The van der Waals surface area contributed by atoms with Crippen molar-refractivity contribution < 1.29 is 19.4 Å². The van der Waals surface area contributed by atoms with E-state index in [2.05, 4.69) is 4.74 Å². The average Bonchev–Trinajstić information content (AvgIpc) is 1.83. The van der Waals surface area contributed by atoms with Gasteiger partial charge in [0.1, 0.15) is 0 Å². The highest BCUT2D eigenvalue weighted by Gasteiger charge is 2.00. The van der Waals surface area contributed by atoms with Crippen molar-refractivity contribution in [3.63, 3.8) is 0 Å². The third-order valence-electron chi connectivity index (χ3n) is 0.523. The Balaban J connectivity index is 3.28. The van der Waals surface area contributed by atoms with Gasteiger partial charge in [0.25, 0.3) is 5.97 Å². The first kappa shape index (κ1) is 8.00. The second-order valence-corrected chi connectivity index (χ2v) is 1.26. The highest BCUT2D eigenvalue weighted by atomic mass is 16.5. The third kappa shape index (κ3) is 4.87. The zero-order valence-electron chi connectivity index (χ0n) is 4.66. The highest BCUT2D eigenvalue weighted by Crippen LogP contribution is 1.80. The number of aliphatic carboxylic acids is 1. The average molecular weight is 128 g/mol. The molecule has 0 aliphatic carbocycles. The molecule has 0 saturated heterocycles. The van der Waals surface area contributed by atoms with E-state index in [1.807, 2.05) is 0 Å². The zero-order chi connectivity index (χ0) is 7.28. The molecule has 4 nitrogen and oxygen atoms in total. The van der Waals surface area contributed by atoms with E-state index >= 15 is 0 Å². The Hall–Kier alpha value is -0.995. The van der Waals surface area contributed by atoms with Crippen LogP contribution in [0.4, 0.5) is 0 Å². The van der Waals surface area contributed by atoms with Crippen molar-refractivity contribution >= 4 is 19.8 Å². The Morgan fingerprint density at radius 3 is 2.44 bits per heavy atom. The molecule has 0 aliphatic rings. The molecular weight excluding hydrogens is 123 g/mol. The first-order valence-electron chi connectivity index (χ1n) is 2.24. The molecule has 0 heterocycles. The van der Waals surface area contributed by atoms with Crippen LogP contribution < -0.4 is 0 Å². The number of carboxylic acids is 1. The Morgan fingerprint density at radius 1 is 1.56 bits per heavy atom. The van der Waals surface area contributed by atoms with E-state index in [-0.39, 0.29) is 6.32 Å². The van der Waals surface area contributed by atoms with Gasteiger partial charge in [-0.15, -0.1) is 0 Å². The molecule has 0 unspecified atom stereocenters. The molecule has 0 spiro atoms. The van der Waals surface area contributed by atoms with E-state index in [9.17, 15) is 9.59 Å². The fourth-order valence-corrected chi connectivity index (χ4v) is 0.201. The lowest BCUT2D eigenvalue weighted by Crippen LogP contribution is -2.11. The smallest absolute Gasteiger partial charge is 0.341 e. The molecule has 0 fully saturated rings. The van der Waals surface area contributed by atoms with Crippen LogP contribution in [-0.4, -0.2) is 31.5 Å². The van der Waals surface area contributed by atoms with Crippen LogP contribution in [0, 0.1) is 0 Å². The maximum absolute atomic E-state index is 10.1.